The van der Waals surface area contributed by atoms with Crippen LogP contribution in [-0.4, -0.2) is 69.3 Å². The first-order valence-corrected chi connectivity index (χ1v) is 6.14. The summed E-state index contributed by atoms with van der Waals surface area (Å²) >= 11 is 0. The van der Waals surface area contributed by atoms with E-state index in [-0.39, 0.29) is 0 Å². The lowest BCUT2D eigenvalue weighted by molar-refractivity contribution is -0.121. The summed E-state index contributed by atoms with van der Waals surface area (Å²) in [4.78, 5) is 11.1. The molecule has 0 saturated carbocycles. The maximum Gasteiger partial charge on any atom is 0.245 e. The van der Waals surface area contributed by atoms with Gasteiger partial charge in [0.2, 0.25) is 5.91 Å². The normalized spacial score (nSPS) is 45.6. The largest absolute Gasteiger partial charge is 0.394 e. The van der Waals surface area contributed by atoms with Gasteiger partial charge in [0, 0.05) is 0 Å². The molecule has 18 heavy (non-hydrogen) atoms. The highest BCUT2D eigenvalue weighted by atomic mass is 31.1. The molecule has 102 valence electrons. The number of nitrogens with zero attached hydrogens (tertiary/aromatic N) is 2. The quantitative estimate of drug-likeness (QED) is 0.343. The van der Waals surface area contributed by atoms with E-state index in [2.05, 4.69) is 4.74 Å². The molecule has 10 heteroatoms. The Hall–Kier alpha value is -0.670. The Morgan fingerprint density at radius 3 is 2.56 bits per heavy atom. The summed E-state index contributed by atoms with van der Waals surface area (Å²) in [7, 11) is 0.333. The maximum atomic E-state index is 11.1. The molecule has 2 aliphatic heterocycles. The van der Waals surface area contributed by atoms with Crippen LogP contribution in [0.2, 0.25) is 0 Å². The number of aliphatic hydroxyl groups excluding tert-OH is 3. The second-order valence-electron chi connectivity index (χ2n) is 4.15. The number of ether oxygens (including phenoxy) is 1. The smallest absolute Gasteiger partial charge is 0.245 e. The van der Waals surface area contributed by atoms with E-state index >= 15 is 0 Å². The van der Waals surface area contributed by atoms with Gasteiger partial charge in [0.1, 0.15) is 30.7 Å². The highest BCUT2D eigenvalue weighted by molar-refractivity contribution is 7.24. The molecule has 0 aromatic carbocycles. The summed E-state index contributed by atoms with van der Waals surface area (Å²) in [5.74, 6) is -0.663. The standard InChI is InChI=1S/C8H15N4O5P/c9-6-3(7(10)16)11-18-12(6)8-5(15)4(14)2(1-13)17-8/h2-6,8,13-15H,1,9H2,(H2,10,16)/t2-,3?,4-,5-,6?,8-/m1/s1. The molecule has 6 atom stereocenters. The van der Waals surface area contributed by atoms with Gasteiger partial charge in [0.25, 0.3) is 0 Å². The van der Waals surface area contributed by atoms with Gasteiger partial charge in [0.05, 0.1) is 15.1 Å². The van der Waals surface area contributed by atoms with E-state index in [0.717, 1.165) is 0 Å². The van der Waals surface area contributed by atoms with Crippen molar-refractivity contribution in [3.63, 3.8) is 0 Å². The van der Waals surface area contributed by atoms with Crippen molar-refractivity contribution in [2.75, 3.05) is 6.61 Å². The molecule has 0 bridgehead atoms. The van der Waals surface area contributed by atoms with E-state index in [1.165, 1.54) is 4.67 Å². The lowest BCUT2D eigenvalue weighted by Gasteiger charge is -2.27. The van der Waals surface area contributed by atoms with Gasteiger partial charge in [-0.3, -0.25) is 4.79 Å². The Bertz CT molecular complexity index is 369. The van der Waals surface area contributed by atoms with Gasteiger partial charge in [-0.2, -0.15) is 4.67 Å². The molecule has 9 nitrogen and oxygen atoms in total. The molecule has 0 spiro atoms. The first-order valence-electron chi connectivity index (χ1n) is 5.34. The summed E-state index contributed by atoms with van der Waals surface area (Å²) in [6, 6.07) is -0.882. The van der Waals surface area contributed by atoms with Crippen LogP contribution in [0.1, 0.15) is 0 Å². The molecule has 2 aliphatic rings. The molecule has 1 fully saturated rings. The fraction of sp³-hybridized carbons (Fsp3) is 0.875. The third-order valence-corrected chi connectivity index (χ3v) is 4.03. The van der Waals surface area contributed by atoms with Gasteiger partial charge in [0.15, 0.2) is 6.04 Å². The van der Waals surface area contributed by atoms with Crippen molar-refractivity contribution in [3.05, 3.63) is 0 Å². The van der Waals surface area contributed by atoms with Gasteiger partial charge in [-0.15, -0.1) is 0 Å². The Labute approximate surface area is 104 Å². The van der Waals surface area contributed by atoms with E-state index < -0.39 is 49.3 Å². The van der Waals surface area contributed by atoms with Gasteiger partial charge >= 0.3 is 0 Å². The Morgan fingerprint density at radius 1 is 1.44 bits per heavy atom. The van der Waals surface area contributed by atoms with Crippen LogP contribution in [0.15, 0.2) is 4.74 Å². The van der Waals surface area contributed by atoms with Gasteiger partial charge in [-0.1, -0.05) is 0 Å². The van der Waals surface area contributed by atoms with Crippen molar-refractivity contribution in [2.24, 2.45) is 16.2 Å². The zero-order valence-corrected chi connectivity index (χ0v) is 10.2. The fourth-order valence-electron chi connectivity index (χ4n) is 1.93. The number of carbonyl (C=O) groups is 1. The molecule has 0 aromatic heterocycles. The van der Waals surface area contributed by atoms with Crippen LogP contribution in [-0.2, 0) is 9.53 Å². The number of rotatable bonds is 3. The zero-order chi connectivity index (χ0) is 13.4. The van der Waals surface area contributed by atoms with Crippen LogP contribution in [0.4, 0.5) is 0 Å². The van der Waals surface area contributed by atoms with Crippen molar-refractivity contribution < 1.29 is 24.9 Å². The molecule has 7 N–H and O–H groups in total. The molecule has 0 aromatic rings. The predicted molar refractivity (Wildman–Crippen MR) is 59.9 cm³/mol. The first kappa shape index (κ1) is 13.8. The molecule has 1 amide bonds. The molecule has 2 unspecified atom stereocenters. The van der Waals surface area contributed by atoms with Crippen molar-refractivity contribution in [2.45, 2.75) is 36.7 Å². The summed E-state index contributed by atoms with van der Waals surface area (Å²) < 4.78 is 10.6. The third-order valence-electron chi connectivity index (χ3n) is 2.98. The van der Waals surface area contributed by atoms with Crippen molar-refractivity contribution >= 4 is 14.4 Å². The van der Waals surface area contributed by atoms with Crippen LogP contribution >= 0.6 is 8.52 Å². The summed E-state index contributed by atoms with van der Waals surface area (Å²) in [5, 5.41) is 28.4. The Kier molecular flexibility index (Phi) is 3.93. The first-order chi connectivity index (χ1) is 8.47. The number of carbonyl (C=O) groups excluding carboxylic acids is 1. The number of amides is 1. The van der Waals surface area contributed by atoms with Gasteiger partial charge in [-0.05, 0) is 0 Å². The minimum Gasteiger partial charge on any atom is -0.394 e. The van der Waals surface area contributed by atoms with Crippen molar-refractivity contribution in [3.8, 4) is 0 Å². The topological polar surface area (TPSA) is 155 Å². The fourth-order valence-corrected chi connectivity index (χ4v) is 2.95. The molecular weight excluding hydrogens is 263 g/mol. The summed E-state index contributed by atoms with van der Waals surface area (Å²) in [6.45, 7) is -0.426. The molecule has 0 aliphatic carbocycles. The van der Waals surface area contributed by atoms with Crippen LogP contribution in [0.25, 0.3) is 0 Å². The highest BCUT2D eigenvalue weighted by Gasteiger charge is 2.49. The summed E-state index contributed by atoms with van der Waals surface area (Å²) in [5.41, 5.74) is 10.9. The van der Waals surface area contributed by atoms with E-state index in [9.17, 15) is 15.0 Å². The molecule has 0 radical (unpaired) electrons. The second-order valence-corrected chi connectivity index (χ2v) is 5.02. The predicted octanol–water partition coefficient (Wildman–Crippen LogP) is -3.08. The molecule has 1 saturated heterocycles. The van der Waals surface area contributed by atoms with E-state index in [4.69, 9.17) is 21.3 Å². The second kappa shape index (κ2) is 5.14. The number of hydrogen-bond acceptors (Lipinski definition) is 8. The van der Waals surface area contributed by atoms with Crippen LogP contribution in [0.5, 0.6) is 0 Å². The Morgan fingerprint density at radius 2 is 2.11 bits per heavy atom. The van der Waals surface area contributed by atoms with Gasteiger partial charge < -0.3 is 31.5 Å². The number of nitrogens with two attached hydrogens (primary N) is 2. The SMILES string of the molecule is NC(=O)C1N=PN([C@@H]2O[C@H](CO)[C@@H](O)[C@H]2O)C1N. The number of primary amides is 1. The van der Waals surface area contributed by atoms with Crippen LogP contribution in [0, 0.1) is 0 Å². The average Bonchev–Trinajstić information content (AvgIpc) is 2.82. The number of aliphatic hydroxyl groups is 3. The van der Waals surface area contributed by atoms with E-state index in [1.807, 2.05) is 0 Å². The molecule has 2 rings (SSSR count). The minimum absolute atomic E-state index is 0.333. The maximum absolute atomic E-state index is 11.1. The molecular formula is C8H15N4O5P. The minimum atomic E-state index is -1.23. The van der Waals surface area contributed by atoms with Crippen LogP contribution < -0.4 is 11.5 Å². The van der Waals surface area contributed by atoms with Crippen molar-refractivity contribution in [1.82, 2.24) is 4.67 Å². The lowest BCUT2D eigenvalue weighted by Crippen LogP contribution is -2.53. The highest BCUT2D eigenvalue weighted by Crippen LogP contribution is 2.34. The lowest BCUT2D eigenvalue weighted by atomic mass is 10.1. The van der Waals surface area contributed by atoms with Crippen LogP contribution in [0.3, 0.4) is 0 Å². The molecule has 2 heterocycles. The Balaban J connectivity index is 2.10. The van der Waals surface area contributed by atoms with E-state index in [1.54, 1.807) is 0 Å². The summed E-state index contributed by atoms with van der Waals surface area (Å²) in [6.07, 6.45) is -5.09. The van der Waals surface area contributed by atoms with Crippen molar-refractivity contribution in [1.29, 1.82) is 0 Å². The third kappa shape index (κ3) is 2.14. The zero-order valence-electron chi connectivity index (χ0n) is 9.33. The van der Waals surface area contributed by atoms with Gasteiger partial charge in [-0.25, -0.2) is 4.74 Å². The average molecular weight is 278 g/mol. The number of hydrogen-bond donors (Lipinski definition) is 5. The monoisotopic (exact) mass is 278 g/mol. The van der Waals surface area contributed by atoms with E-state index in [0.29, 0.717) is 8.52 Å².